The van der Waals surface area contributed by atoms with E-state index in [0.717, 1.165) is 30.4 Å². The molecule has 3 rings (SSSR count). The summed E-state index contributed by atoms with van der Waals surface area (Å²) in [4.78, 5) is 0. The van der Waals surface area contributed by atoms with Crippen molar-refractivity contribution in [3.05, 3.63) is 35.4 Å². The van der Waals surface area contributed by atoms with Crippen LogP contribution in [0.1, 0.15) is 36.8 Å². The average molecular weight is 283 g/mol. The zero-order chi connectivity index (χ0) is 14.2. The topological polar surface area (TPSA) is 12.0 Å². The minimum Gasteiger partial charge on any atom is -0.312 e. The Hall–Kier alpha value is -1.03. The van der Waals surface area contributed by atoms with Gasteiger partial charge in [0.15, 0.2) is 0 Å². The Morgan fingerprint density at radius 3 is 2.30 bits per heavy atom. The Labute approximate surface area is 117 Å². The molecule has 0 aromatic heterocycles. The molecule has 2 saturated carbocycles. The molecule has 0 amide bonds. The third-order valence-electron chi connectivity index (χ3n) is 4.42. The van der Waals surface area contributed by atoms with Gasteiger partial charge < -0.3 is 5.32 Å². The molecule has 1 aromatic carbocycles. The first-order valence-corrected chi connectivity index (χ1v) is 7.41. The Bertz CT molecular complexity index is 449. The standard InChI is InChI=1S/C16H20F3N/c17-16(18,19)14-3-1-2-11(8-14)9-20-10-15(12-4-5-12)13-6-7-13/h1-3,8,12-13,15,20H,4-7,9-10H2. The summed E-state index contributed by atoms with van der Waals surface area (Å²) in [5.41, 5.74) is 0.155. The first kappa shape index (κ1) is 13.9. The van der Waals surface area contributed by atoms with Gasteiger partial charge in [-0.1, -0.05) is 18.2 Å². The van der Waals surface area contributed by atoms with E-state index in [-0.39, 0.29) is 0 Å². The van der Waals surface area contributed by atoms with E-state index < -0.39 is 11.7 Å². The minimum absolute atomic E-state index is 0.528. The molecule has 110 valence electrons. The van der Waals surface area contributed by atoms with Crippen LogP contribution >= 0.6 is 0 Å². The summed E-state index contributed by atoms with van der Waals surface area (Å²) in [5, 5.41) is 3.36. The highest BCUT2D eigenvalue weighted by Crippen LogP contribution is 2.48. The number of rotatable bonds is 6. The van der Waals surface area contributed by atoms with Crippen LogP contribution in [0.5, 0.6) is 0 Å². The molecule has 4 heteroatoms. The van der Waals surface area contributed by atoms with Gasteiger partial charge in [0.2, 0.25) is 0 Å². The third kappa shape index (κ3) is 3.54. The van der Waals surface area contributed by atoms with E-state index in [1.165, 1.54) is 37.8 Å². The molecule has 0 bridgehead atoms. The van der Waals surface area contributed by atoms with Gasteiger partial charge in [-0.15, -0.1) is 0 Å². The zero-order valence-electron chi connectivity index (χ0n) is 11.4. The third-order valence-corrected chi connectivity index (χ3v) is 4.42. The molecule has 0 atom stereocenters. The van der Waals surface area contributed by atoms with E-state index in [1.807, 2.05) is 0 Å². The van der Waals surface area contributed by atoms with Gasteiger partial charge in [-0.2, -0.15) is 13.2 Å². The lowest BCUT2D eigenvalue weighted by Gasteiger charge is -2.16. The molecule has 0 unspecified atom stereocenters. The summed E-state index contributed by atoms with van der Waals surface area (Å²) in [7, 11) is 0. The summed E-state index contributed by atoms with van der Waals surface area (Å²) in [6, 6.07) is 5.61. The van der Waals surface area contributed by atoms with Crippen molar-refractivity contribution in [2.24, 2.45) is 17.8 Å². The van der Waals surface area contributed by atoms with Crippen LogP contribution in [-0.4, -0.2) is 6.54 Å². The van der Waals surface area contributed by atoms with Gasteiger partial charge in [0.05, 0.1) is 5.56 Å². The van der Waals surface area contributed by atoms with Crippen LogP contribution in [0.2, 0.25) is 0 Å². The number of benzene rings is 1. The predicted molar refractivity (Wildman–Crippen MR) is 72.1 cm³/mol. The van der Waals surface area contributed by atoms with E-state index in [1.54, 1.807) is 6.07 Å². The molecule has 20 heavy (non-hydrogen) atoms. The lowest BCUT2D eigenvalue weighted by atomic mass is 9.98. The van der Waals surface area contributed by atoms with Crippen molar-refractivity contribution in [1.82, 2.24) is 5.32 Å². The summed E-state index contributed by atoms with van der Waals surface area (Å²) < 4.78 is 37.9. The molecule has 1 nitrogen and oxygen atoms in total. The first-order valence-electron chi connectivity index (χ1n) is 7.41. The van der Waals surface area contributed by atoms with E-state index in [4.69, 9.17) is 0 Å². The van der Waals surface area contributed by atoms with Gasteiger partial charge in [-0.25, -0.2) is 0 Å². The number of hydrogen-bond donors (Lipinski definition) is 1. The summed E-state index contributed by atoms with van der Waals surface area (Å²) in [5.74, 6) is 2.49. The van der Waals surface area contributed by atoms with Crippen LogP contribution < -0.4 is 5.32 Å². The quantitative estimate of drug-likeness (QED) is 0.823. The van der Waals surface area contributed by atoms with Gasteiger partial charge in [-0.3, -0.25) is 0 Å². The van der Waals surface area contributed by atoms with Crippen molar-refractivity contribution >= 4 is 0 Å². The van der Waals surface area contributed by atoms with Crippen LogP contribution in [-0.2, 0) is 12.7 Å². The summed E-state index contributed by atoms with van der Waals surface area (Å²) in [6.45, 7) is 1.48. The fraction of sp³-hybridized carbons (Fsp3) is 0.625. The second-order valence-electron chi connectivity index (χ2n) is 6.17. The molecule has 0 radical (unpaired) electrons. The smallest absolute Gasteiger partial charge is 0.312 e. The Balaban J connectivity index is 1.52. The van der Waals surface area contributed by atoms with Gasteiger partial charge in [0, 0.05) is 6.54 Å². The van der Waals surface area contributed by atoms with Crippen molar-refractivity contribution in [3.63, 3.8) is 0 Å². The number of halogens is 3. The van der Waals surface area contributed by atoms with Gasteiger partial charge >= 0.3 is 6.18 Å². The van der Waals surface area contributed by atoms with Crippen LogP contribution in [0.4, 0.5) is 13.2 Å². The van der Waals surface area contributed by atoms with Crippen molar-refractivity contribution in [2.75, 3.05) is 6.54 Å². The van der Waals surface area contributed by atoms with E-state index in [0.29, 0.717) is 12.1 Å². The number of alkyl halides is 3. The SMILES string of the molecule is FC(F)(F)c1cccc(CNCC(C2CC2)C2CC2)c1. The molecule has 0 heterocycles. The number of hydrogen-bond acceptors (Lipinski definition) is 1. The summed E-state index contributed by atoms with van der Waals surface area (Å²) in [6.07, 6.45) is 1.11. The molecule has 2 fully saturated rings. The van der Waals surface area contributed by atoms with Gasteiger partial charge in [0.1, 0.15) is 0 Å². The molecule has 0 aliphatic heterocycles. The first-order chi connectivity index (χ1) is 9.54. The maximum atomic E-state index is 12.6. The predicted octanol–water partition coefficient (Wildman–Crippen LogP) is 4.23. The van der Waals surface area contributed by atoms with Crippen LogP contribution in [0.25, 0.3) is 0 Å². The van der Waals surface area contributed by atoms with Gasteiger partial charge in [0.25, 0.3) is 0 Å². The zero-order valence-corrected chi connectivity index (χ0v) is 11.4. The van der Waals surface area contributed by atoms with Crippen LogP contribution in [0.15, 0.2) is 24.3 Å². The molecule has 0 spiro atoms. The van der Waals surface area contributed by atoms with Crippen molar-refractivity contribution in [3.8, 4) is 0 Å². The lowest BCUT2D eigenvalue weighted by Crippen LogP contribution is -2.25. The van der Waals surface area contributed by atoms with Crippen molar-refractivity contribution < 1.29 is 13.2 Å². The molecule has 1 aromatic rings. The molecular weight excluding hydrogens is 263 g/mol. The average Bonchev–Trinajstić information content (AvgIpc) is 3.27. The molecule has 2 aliphatic carbocycles. The maximum absolute atomic E-state index is 12.6. The number of nitrogens with one attached hydrogen (secondary N) is 1. The normalized spacial score (nSPS) is 19.6. The van der Waals surface area contributed by atoms with E-state index in [9.17, 15) is 13.2 Å². The molecule has 2 aliphatic rings. The monoisotopic (exact) mass is 283 g/mol. The van der Waals surface area contributed by atoms with Crippen molar-refractivity contribution in [1.29, 1.82) is 0 Å². The molecule has 1 N–H and O–H groups in total. The Morgan fingerprint density at radius 2 is 1.75 bits per heavy atom. The molecular formula is C16H20F3N. The summed E-state index contributed by atoms with van der Waals surface area (Å²) >= 11 is 0. The fourth-order valence-electron chi connectivity index (χ4n) is 3.01. The van der Waals surface area contributed by atoms with Crippen LogP contribution in [0, 0.1) is 17.8 Å². The second-order valence-corrected chi connectivity index (χ2v) is 6.17. The van der Waals surface area contributed by atoms with Crippen LogP contribution in [0.3, 0.4) is 0 Å². The highest BCUT2D eigenvalue weighted by Gasteiger charge is 2.40. The lowest BCUT2D eigenvalue weighted by molar-refractivity contribution is -0.137. The molecule has 0 saturated heterocycles. The van der Waals surface area contributed by atoms with Gasteiger partial charge in [-0.05, 0) is 61.6 Å². The van der Waals surface area contributed by atoms with Crippen molar-refractivity contribution in [2.45, 2.75) is 38.4 Å². The van der Waals surface area contributed by atoms with E-state index in [2.05, 4.69) is 5.32 Å². The Kier molecular flexibility index (Phi) is 3.76. The minimum atomic E-state index is -4.25. The van der Waals surface area contributed by atoms with E-state index >= 15 is 0 Å². The highest BCUT2D eigenvalue weighted by atomic mass is 19.4. The maximum Gasteiger partial charge on any atom is 0.416 e. The largest absolute Gasteiger partial charge is 0.416 e. The highest BCUT2D eigenvalue weighted by molar-refractivity contribution is 5.25. The Morgan fingerprint density at radius 1 is 1.10 bits per heavy atom. The second kappa shape index (κ2) is 5.40. The fourth-order valence-corrected chi connectivity index (χ4v) is 3.01.